The molecule has 1 aliphatic carbocycles. The van der Waals surface area contributed by atoms with Crippen LogP contribution in [0.5, 0.6) is 5.75 Å². The maximum atomic E-state index is 9.82. The summed E-state index contributed by atoms with van der Waals surface area (Å²) < 4.78 is 0. The molecule has 0 amide bonds. The van der Waals surface area contributed by atoms with E-state index in [2.05, 4.69) is 11.0 Å². The van der Waals surface area contributed by atoms with Gasteiger partial charge >= 0.3 is 0 Å². The van der Waals surface area contributed by atoms with E-state index in [9.17, 15) is 5.11 Å². The van der Waals surface area contributed by atoms with Gasteiger partial charge in [-0.25, -0.2) is 0 Å². The fourth-order valence-electron chi connectivity index (χ4n) is 2.71. The van der Waals surface area contributed by atoms with E-state index < -0.39 is 0 Å². The summed E-state index contributed by atoms with van der Waals surface area (Å²) in [5.41, 5.74) is 2.45. The summed E-state index contributed by atoms with van der Waals surface area (Å²) in [5, 5.41) is 9.82. The molecule has 0 aromatic heterocycles. The van der Waals surface area contributed by atoms with Crippen molar-refractivity contribution < 1.29 is 5.11 Å². The van der Waals surface area contributed by atoms with E-state index in [1.54, 1.807) is 0 Å². The zero-order valence-electron chi connectivity index (χ0n) is 8.95. The molecule has 1 aliphatic heterocycles. The highest BCUT2D eigenvalue weighted by molar-refractivity contribution is 5.61. The minimum Gasteiger partial charge on any atom is -0.508 e. The monoisotopic (exact) mass is 203 g/mol. The quantitative estimate of drug-likeness (QED) is 0.758. The largest absolute Gasteiger partial charge is 0.508 e. The number of anilines is 1. The molecule has 0 spiro atoms. The van der Waals surface area contributed by atoms with Gasteiger partial charge in [0.15, 0.2) is 0 Å². The van der Waals surface area contributed by atoms with Crippen molar-refractivity contribution in [2.24, 2.45) is 0 Å². The third-order valence-electron chi connectivity index (χ3n) is 3.78. The molecule has 0 atom stereocenters. The van der Waals surface area contributed by atoms with Crippen LogP contribution in [0.2, 0.25) is 0 Å². The van der Waals surface area contributed by atoms with Gasteiger partial charge in [0.1, 0.15) is 5.75 Å². The minimum absolute atomic E-state index is 0.483. The van der Waals surface area contributed by atoms with Gasteiger partial charge in [-0.3, -0.25) is 0 Å². The lowest BCUT2D eigenvalue weighted by Crippen LogP contribution is -2.43. The lowest BCUT2D eigenvalue weighted by molar-refractivity contribution is 0.377. The van der Waals surface area contributed by atoms with Crippen molar-refractivity contribution in [2.45, 2.75) is 38.1 Å². The van der Waals surface area contributed by atoms with Crippen LogP contribution in [0.25, 0.3) is 0 Å². The van der Waals surface area contributed by atoms with Crippen LogP contribution in [-0.4, -0.2) is 17.7 Å². The van der Waals surface area contributed by atoms with Gasteiger partial charge in [-0.05, 0) is 44.2 Å². The number of benzene rings is 1. The minimum atomic E-state index is 0.483. The van der Waals surface area contributed by atoms with Crippen LogP contribution in [0.1, 0.15) is 31.2 Å². The Bertz CT molecular complexity index is 371. The smallest absolute Gasteiger partial charge is 0.120 e. The molecule has 15 heavy (non-hydrogen) atoms. The highest BCUT2D eigenvalue weighted by atomic mass is 16.3. The van der Waals surface area contributed by atoms with Crippen LogP contribution in [-0.2, 0) is 6.42 Å². The predicted octanol–water partition coefficient (Wildman–Crippen LogP) is 2.70. The first-order valence-corrected chi connectivity index (χ1v) is 5.94. The summed E-state index contributed by atoms with van der Waals surface area (Å²) in [6, 6.07) is 6.67. The summed E-state index contributed by atoms with van der Waals surface area (Å²) in [4.78, 5) is 2.50. The molecule has 2 nitrogen and oxygen atoms in total. The highest BCUT2D eigenvalue weighted by Gasteiger charge is 2.29. The van der Waals surface area contributed by atoms with E-state index in [0.29, 0.717) is 5.75 Å². The van der Waals surface area contributed by atoms with Gasteiger partial charge in [0.2, 0.25) is 0 Å². The molecule has 0 bridgehead atoms. The van der Waals surface area contributed by atoms with Crippen molar-refractivity contribution in [1.82, 2.24) is 0 Å². The number of hydrogen-bond donors (Lipinski definition) is 1. The Labute approximate surface area is 90.5 Å². The molecule has 1 N–H and O–H groups in total. The second-order valence-corrected chi connectivity index (χ2v) is 4.66. The molecule has 0 radical (unpaired) electrons. The lowest BCUT2D eigenvalue weighted by atomic mass is 9.88. The molecule has 0 unspecified atom stereocenters. The van der Waals surface area contributed by atoms with Gasteiger partial charge in [0, 0.05) is 23.8 Å². The second kappa shape index (κ2) is 3.44. The average molecular weight is 203 g/mol. The molecule has 0 saturated heterocycles. The van der Waals surface area contributed by atoms with Crippen LogP contribution in [0.4, 0.5) is 5.69 Å². The summed E-state index contributed by atoms with van der Waals surface area (Å²) >= 11 is 0. The van der Waals surface area contributed by atoms with Crippen molar-refractivity contribution in [3.05, 3.63) is 23.8 Å². The number of rotatable bonds is 1. The number of aromatic hydroxyl groups is 1. The molecule has 3 rings (SSSR count). The second-order valence-electron chi connectivity index (χ2n) is 4.66. The Hall–Kier alpha value is -1.18. The molecule has 2 aliphatic rings. The fourth-order valence-corrected chi connectivity index (χ4v) is 2.71. The summed E-state index contributed by atoms with van der Waals surface area (Å²) in [7, 11) is 0. The average Bonchev–Trinajstić information content (AvgIpc) is 2.17. The first-order chi connectivity index (χ1) is 7.36. The van der Waals surface area contributed by atoms with E-state index in [1.165, 1.54) is 37.9 Å². The van der Waals surface area contributed by atoms with Crippen LogP contribution in [0.15, 0.2) is 18.2 Å². The molecule has 1 aromatic carbocycles. The Balaban J connectivity index is 1.98. The first-order valence-electron chi connectivity index (χ1n) is 5.94. The number of nitrogens with zero attached hydrogens (tertiary/aromatic N) is 1. The highest BCUT2D eigenvalue weighted by Crippen LogP contribution is 2.38. The van der Waals surface area contributed by atoms with Crippen molar-refractivity contribution in [3.63, 3.8) is 0 Å². The Morgan fingerprint density at radius 3 is 2.80 bits per heavy atom. The SMILES string of the molecule is Oc1cccc2c1CCCN2C1CCC1. The van der Waals surface area contributed by atoms with Gasteiger partial charge in [-0.15, -0.1) is 0 Å². The normalized spacial score (nSPS) is 20.9. The summed E-state index contributed by atoms with van der Waals surface area (Å²) in [5.74, 6) is 0.483. The standard InChI is InChI=1S/C13H17NO/c15-13-8-2-7-12-11(13)6-3-9-14(12)10-4-1-5-10/h2,7-8,10,15H,1,3-6,9H2. The molecular formula is C13H17NO. The lowest BCUT2D eigenvalue weighted by Gasteiger charge is -2.42. The van der Waals surface area contributed by atoms with Gasteiger partial charge in [-0.2, -0.15) is 0 Å². The van der Waals surface area contributed by atoms with Crippen molar-refractivity contribution in [1.29, 1.82) is 0 Å². The molecular weight excluding hydrogens is 186 g/mol. The van der Waals surface area contributed by atoms with Crippen molar-refractivity contribution >= 4 is 5.69 Å². The number of phenols is 1. The van der Waals surface area contributed by atoms with Gasteiger partial charge < -0.3 is 10.0 Å². The van der Waals surface area contributed by atoms with E-state index in [1.807, 2.05) is 12.1 Å². The zero-order valence-corrected chi connectivity index (χ0v) is 8.95. The Morgan fingerprint density at radius 2 is 2.07 bits per heavy atom. The van der Waals surface area contributed by atoms with E-state index >= 15 is 0 Å². The topological polar surface area (TPSA) is 23.5 Å². The zero-order chi connectivity index (χ0) is 10.3. The van der Waals surface area contributed by atoms with Gasteiger partial charge in [0.05, 0.1) is 0 Å². The number of phenolic OH excluding ortho intramolecular Hbond substituents is 1. The van der Waals surface area contributed by atoms with Gasteiger partial charge in [0.25, 0.3) is 0 Å². The maximum absolute atomic E-state index is 9.82. The van der Waals surface area contributed by atoms with E-state index in [0.717, 1.165) is 18.0 Å². The first kappa shape index (κ1) is 9.08. The molecule has 1 saturated carbocycles. The van der Waals surface area contributed by atoms with Crippen molar-refractivity contribution in [2.75, 3.05) is 11.4 Å². The van der Waals surface area contributed by atoms with E-state index in [4.69, 9.17) is 0 Å². The third kappa shape index (κ3) is 1.39. The van der Waals surface area contributed by atoms with Gasteiger partial charge in [-0.1, -0.05) is 6.07 Å². The Kier molecular flexibility index (Phi) is 2.08. The third-order valence-corrected chi connectivity index (χ3v) is 3.78. The van der Waals surface area contributed by atoms with Crippen molar-refractivity contribution in [3.8, 4) is 5.75 Å². The van der Waals surface area contributed by atoms with Crippen LogP contribution in [0.3, 0.4) is 0 Å². The predicted molar refractivity (Wildman–Crippen MR) is 61.4 cm³/mol. The van der Waals surface area contributed by atoms with Crippen LogP contribution in [0, 0.1) is 0 Å². The number of hydrogen-bond acceptors (Lipinski definition) is 2. The molecule has 1 heterocycles. The van der Waals surface area contributed by atoms with E-state index in [-0.39, 0.29) is 0 Å². The summed E-state index contributed by atoms with van der Waals surface area (Å²) in [6.45, 7) is 1.17. The van der Waals surface area contributed by atoms with Crippen LogP contribution < -0.4 is 4.90 Å². The Morgan fingerprint density at radius 1 is 1.20 bits per heavy atom. The van der Waals surface area contributed by atoms with Crippen LogP contribution >= 0.6 is 0 Å². The summed E-state index contributed by atoms with van der Waals surface area (Å²) in [6.07, 6.45) is 6.24. The fraction of sp³-hybridized carbons (Fsp3) is 0.538. The molecule has 80 valence electrons. The molecule has 2 heteroatoms. The molecule has 1 aromatic rings. The maximum Gasteiger partial charge on any atom is 0.120 e. The number of fused-ring (bicyclic) bond motifs is 1. The molecule has 1 fully saturated rings.